The van der Waals surface area contributed by atoms with Gasteiger partial charge >= 0.3 is 171 Å². The molecule has 2 unspecified atom stereocenters. The Hall–Kier alpha value is -1.06. The Labute approximate surface area is 170 Å². The molecule has 1 aliphatic heterocycles. The number of benzene rings is 1. The summed E-state index contributed by atoms with van der Waals surface area (Å²) in [5, 5.41) is 8.22. The maximum absolute atomic E-state index is 13.1. The number of rotatable bonds is 3. The van der Waals surface area contributed by atoms with Crippen LogP contribution in [0, 0.1) is 5.92 Å². The van der Waals surface area contributed by atoms with Crippen LogP contribution in [0.1, 0.15) is 38.2 Å². The van der Waals surface area contributed by atoms with Crippen LogP contribution >= 0.6 is 30.0 Å². The number of aromatic amines is 1. The SMILES string of the molecule is CC1=CC(S(=O)(=O)I2CCC(C)C2)=CCC1c1ccc2[nH]nc(N)c2c1Cl. The van der Waals surface area contributed by atoms with Gasteiger partial charge in [-0.3, -0.25) is 0 Å². The molecule has 2 aromatic rings. The molecule has 0 spiro atoms. The monoisotopic (exact) mass is 519 g/mol. The molecule has 1 saturated heterocycles. The van der Waals surface area contributed by atoms with Crippen LogP contribution in [0.3, 0.4) is 0 Å². The number of hydrogen-bond acceptors (Lipinski definition) is 4. The van der Waals surface area contributed by atoms with E-state index in [1.807, 2.05) is 31.2 Å². The second kappa shape index (κ2) is 7.08. The van der Waals surface area contributed by atoms with Crippen LogP contribution in [0.4, 0.5) is 5.82 Å². The first-order valence-electron chi connectivity index (χ1n) is 8.97. The fourth-order valence-electron chi connectivity index (χ4n) is 3.79. The van der Waals surface area contributed by atoms with Gasteiger partial charge in [-0.2, -0.15) is 0 Å². The van der Waals surface area contributed by atoms with Crippen LogP contribution in [-0.2, 0) is 7.01 Å². The van der Waals surface area contributed by atoms with Gasteiger partial charge in [-0.25, -0.2) is 0 Å². The summed E-state index contributed by atoms with van der Waals surface area (Å²) >= 11 is 4.66. The molecule has 8 heteroatoms. The predicted octanol–water partition coefficient (Wildman–Crippen LogP) is 4.99. The summed E-state index contributed by atoms with van der Waals surface area (Å²) in [6, 6.07) is 3.91. The summed E-state index contributed by atoms with van der Waals surface area (Å²) in [5.41, 5.74) is 8.74. The number of nitrogen functional groups attached to an aromatic ring is 1. The van der Waals surface area contributed by atoms with E-state index >= 15 is 0 Å². The number of nitrogens with two attached hydrogens (primary N) is 1. The van der Waals surface area contributed by atoms with Crippen molar-refractivity contribution < 1.29 is 8.42 Å². The van der Waals surface area contributed by atoms with Crippen molar-refractivity contribution in [1.29, 1.82) is 0 Å². The fourth-order valence-corrected chi connectivity index (χ4v) is 18.0. The molecule has 2 atom stereocenters. The Kier molecular flexibility index (Phi) is 5.05. The predicted molar refractivity (Wildman–Crippen MR) is 121 cm³/mol. The molecule has 1 aliphatic carbocycles. The van der Waals surface area contributed by atoms with E-state index in [-0.39, 0.29) is 5.92 Å². The fraction of sp³-hybridized carbons (Fsp3) is 0.421. The number of alkyl halides is 2. The molecule has 146 valence electrons. The Morgan fingerprint density at radius 1 is 1.37 bits per heavy atom. The molecule has 27 heavy (non-hydrogen) atoms. The minimum absolute atomic E-state index is 0.0569. The van der Waals surface area contributed by atoms with Crippen LogP contribution in [0.15, 0.2) is 34.8 Å². The Morgan fingerprint density at radius 2 is 2.15 bits per heavy atom. The van der Waals surface area contributed by atoms with Gasteiger partial charge in [-0.1, -0.05) is 0 Å². The van der Waals surface area contributed by atoms with E-state index in [1.165, 1.54) is 0 Å². The molecule has 0 radical (unpaired) electrons. The topological polar surface area (TPSA) is 88.8 Å². The molecule has 5 nitrogen and oxygen atoms in total. The molecule has 2 aliphatic rings. The summed E-state index contributed by atoms with van der Waals surface area (Å²) in [4.78, 5) is 0.538. The molecule has 3 N–H and O–H groups in total. The Morgan fingerprint density at radius 3 is 2.81 bits per heavy atom. The Bertz CT molecular complexity index is 1070. The van der Waals surface area contributed by atoms with Crippen molar-refractivity contribution in [2.75, 3.05) is 14.6 Å². The number of H-pyrrole nitrogens is 1. The van der Waals surface area contributed by atoms with E-state index < -0.39 is 25.4 Å². The second-order valence-corrected chi connectivity index (χ2v) is 19.8. The standard InChI is InChI=1S/C19H23ClIN3O2S/c1-11-7-8-21(10-11)27(25,26)13-3-4-14(12(2)9-13)15-5-6-16-17(18(15)20)19(22)24-23-16/h3,5-6,9,11,14H,4,7-8,10H2,1-2H3,(H3,22,23,24). The third kappa shape index (κ3) is 3.31. The summed E-state index contributed by atoms with van der Waals surface area (Å²) < 4.78 is 28.0. The van der Waals surface area contributed by atoms with Crippen molar-refractivity contribution in [2.45, 2.75) is 32.6 Å². The first-order chi connectivity index (χ1) is 12.8. The molecule has 2 heterocycles. The van der Waals surface area contributed by atoms with Gasteiger partial charge in [0.15, 0.2) is 0 Å². The number of nitrogens with one attached hydrogen (secondary N) is 1. The van der Waals surface area contributed by atoms with Crippen LogP contribution in [0.25, 0.3) is 10.9 Å². The summed E-state index contributed by atoms with van der Waals surface area (Å²) in [5.74, 6) is 0.995. The molecule has 1 aromatic carbocycles. The van der Waals surface area contributed by atoms with Crippen molar-refractivity contribution >= 4 is 53.8 Å². The Balaban J connectivity index is 1.65. The van der Waals surface area contributed by atoms with E-state index in [1.54, 1.807) is 0 Å². The van der Waals surface area contributed by atoms with E-state index in [4.69, 9.17) is 17.3 Å². The molecule has 0 bridgehead atoms. The first-order valence-corrected chi connectivity index (χ1v) is 16.4. The number of halogens is 2. The molecular weight excluding hydrogens is 497 g/mol. The van der Waals surface area contributed by atoms with Crippen molar-refractivity contribution in [3.63, 3.8) is 0 Å². The van der Waals surface area contributed by atoms with Crippen molar-refractivity contribution in [3.05, 3.63) is 45.3 Å². The average Bonchev–Trinajstić information content (AvgIpc) is 3.22. The zero-order chi connectivity index (χ0) is 19.3. The number of fused-ring (bicyclic) bond motifs is 1. The van der Waals surface area contributed by atoms with E-state index in [2.05, 4.69) is 17.1 Å². The van der Waals surface area contributed by atoms with Gasteiger partial charge in [0.25, 0.3) is 0 Å². The summed E-state index contributed by atoms with van der Waals surface area (Å²) in [6.45, 7) is 4.16. The van der Waals surface area contributed by atoms with Gasteiger partial charge in [-0.15, -0.1) is 0 Å². The molecule has 0 saturated carbocycles. The normalized spacial score (nSPS) is 24.9. The van der Waals surface area contributed by atoms with Gasteiger partial charge in [0, 0.05) is 0 Å². The molecule has 1 aromatic heterocycles. The number of nitrogens with zero attached hydrogens (tertiary/aromatic N) is 1. The van der Waals surface area contributed by atoms with E-state index in [0.717, 1.165) is 37.3 Å². The van der Waals surface area contributed by atoms with Crippen molar-refractivity contribution in [3.8, 4) is 0 Å². The molecule has 0 amide bonds. The zero-order valence-corrected chi connectivity index (χ0v) is 19.0. The number of hydrogen-bond donors (Lipinski definition) is 2. The number of anilines is 1. The van der Waals surface area contributed by atoms with Crippen LogP contribution in [0.5, 0.6) is 0 Å². The third-order valence-electron chi connectivity index (χ3n) is 5.39. The third-order valence-corrected chi connectivity index (χ3v) is 19.9. The van der Waals surface area contributed by atoms with Crippen molar-refractivity contribution in [1.82, 2.24) is 10.2 Å². The van der Waals surface area contributed by atoms with Crippen LogP contribution < -0.4 is 5.73 Å². The van der Waals surface area contributed by atoms with Gasteiger partial charge in [-0.05, 0) is 0 Å². The van der Waals surface area contributed by atoms with Gasteiger partial charge in [0.05, 0.1) is 0 Å². The van der Waals surface area contributed by atoms with Crippen LogP contribution in [-0.4, -0.2) is 27.5 Å². The summed E-state index contributed by atoms with van der Waals surface area (Å²) in [7, 11) is -3.10. The zero-order valence-electron chi connectivity index (χ0n) is 15.3. The van der Waals surface area contributed by atoms with Crippen molar-refractivity contribution in [2.24, 2.45) is 5.92 Å². The van der Waals surface area contributed by atoms with Crippen LogP contribution in [0.2, 0.25) is 5.02 Å². The number of aromatic nitrogens is 2. The maximum atomic E-state index is 13.1. The van der Waals surface area contributed by atoms with E-state index in [9.17, 15) is 8.42 Å². The molecule has 4 rings (SSSR count). The number of allylic oxidation sites excluding steroid dienone is 3. The summed E-state index contributed by atoms with van der Waals surface area (Å²) in [6.07, 6.45) is 5.46. The van der Waals surface area contributed by atoms with Gasteiger partial charge < -0.3 is 0 Å². The van der Waals surface area contributed by atoms with E-state index in [0.29, 0.717) is 28.1 Å². The van der Waals surface area contributed by atoms with Gasteiger partial charge in [0.2, 0.25) is 0 Å². The average molecular weight is 520 g/mol. The molecule has 1 fully saturated rings. The first kappa shape index (κ1) is 19.3. The second-order valence-electron chi connectivity index (χ2n) is 7.37. The minimum atomic E-state index is -3.10. The van der Waals surface area contributed by atoms with Gasteiger partial charge in [0.1, 0.15) is 0 Å². The quantitative estimate of drug-likeness (QED) is 0.340. The molecular formula is C19H23ClIN3O2S.